The SMILES string of the molecule is O=C(Nc1cccc(C(F)(F)F)c1)Nc1ccccc1Sc1c(Cl)cncc1Cl. The van der Waals surface area contributed by atoms with Crippen molar-refractivity contribution in [2.45, 2.75) is 16.0 Å². The Morgan fingerprint density at radius 1 is 0.966 bits per heavy atom. The number of urea groups is 1. The van der Waals surface area contributed by atoms with Gasteiger partial charge in [0.1, 0.15) is 0 Å². The van der Waals surface area contributed by atoms with Crippen molar-refractivity contribution < 1.29 is 18.0 Å². The summed E-state index contributed by atoms with van der Waals surface area (Å²) in [6.07, 6.45) is -1.60. The third-order valence-corrected chi connectivity index (χ3v) is 5.62. The van der Waals surface area contributed by atoms with Crippen molar-refractivity contribution in [3.63, 3.8) is 0 Å². The quantitative estimate of drug-likeness (QED) is 0.435. The van der Waals surface area contributed by atoms with Crippen LogP contribution >= 0.6 is 35.0 Å². The van der Waals surface area contributed by atoms with E-state index in [9.17, 15) is 18.0 Å². The maximum Gasteiger partial charge on any atom is 0.416 e. The third kappa shape index (κ3) is 5.56. The molecule has 1 heterocycles. The number of alkyl halides is 3. The van der Waals surface area contributed by atoms with Gasteiger partial charge in [0.15, 0.2) is 0 Å². The summed E-state index contributed by atoms with van der Waals surface area (Å²) in [6, 6.07) is 10.6. The van der Waals surface area contributed by atoms with Gasteiger partial charge in [-0.2, -0.15) is 13.2 Å². The van der Waals surface area contributed by atoms with Crippen LogP contribution in [0.3, 0.4) is 0 Å². The van der Waals surface area contributed by atoms with Crippen molar-refractivity contribution in [2.24, 2.45) is 0 Å². The summed E-state index contributed by atoms with van der Waals surface area (Å²) in [5.41, 5.74) is -0.401. The van der Waals surface area contributed by atoms with Gasteiger partial charge in [0, 0.05) is 23.0 Å². The van der Waals surface area contributed by atoms with Crippen LogP contribution in [0.4, 0.5) is 29.3 Å². The van der Waals surface area contributed by atoms with Crippen LogP contribution in [0.15, 0.2) is 70.7 Å². The lowest BCUT2D eigenvalue weighted by atomic mass is 10.2. The highest BCUT2D eigenvalue weighted by atomic mass is 35.5. The van der Waals surface area contributed by atoms with Crippen molar-refractivity contribution in [3.05, 3.63) is 76.5 Å². The van der Waals surface area contributed by atoms with Gasteiger partial charge >= 0.3 is 12.2 Å². The minimum atomic E-state index is -4.50. The number of halogens is 5. The van der Waals surface area contributed by atoms with E-state index < -0.39 is 17.8 Å². The zero-order valence-electron chi connectivity index (χ0n) is 14.4. The van der Waals surface area contributed by atoms with Gasteiger partial charge in [0.2, 0.25) is 0 Å². The molecule has 0 bridgehead atoms. The number of pyridine rings is 1. The zero-order chi connectivity index (χ0) is 21.0. The summed E-state index contributed by atoms with van der Waals surface area (Å²) in [5.74, 6) is 0. The molecule has 0 radical (unpaired) electrons. The lowest BCUT2D eigenvalue weighted by Gasteiger charge is -2.13. The van der Waals surface area contributed by atoms with Crippen molar-refractivity contribution in [2.75, 3.05) is 10.6 Å². The molecule has 2 N–H and O–H groups in total. The number of aromatic nitrogens is 1. The Labute approximate surface area is 178 Å². The molecule has 0 saturated heterocycles. The Bertz CT molecular complexity index is 1030. The van der Waals surface area contributed by atoms with E-state index >= 15 is 0 Å². The molecule has 29 heavy (non-hydrogen) atoms. The van der Waals surface area contributed by atoms with E-state index in [4.69, 9.17) is 23.2 Å². The van der Waals surface area contributed by atoms with Crippen LogP contribution in [0.25, 0.3) is 0 Å². The van der Waals surface area contributed by atoms with E-state index in [-0.39, 0.29) is 5.69 Å². The summed E-state index contributed by atoms with van der Waals surface area (Å²) >= 11 is 13.5. The third-order valence-electron chi connectivity index (χ3n) is 3.60. The first-order valence-corrected chi connectivity index (χ1v) is 9.62. The molecule has 10 heteroatoms. The van der Waals surface area contributed by atoms with Crippen LogP contribution in [0, 0.1) is 0 Å². The van der Waals surface area contributed by atoms with Crippen LogP contribution in [-0.4, -0.2) is 11.0 Å². The summed E-state index contributed by atoms with van der Waals surface area (Å²) < 4.78 is 38.5. The molecule has 3 rings (SSSR count). The van der Waals surface area contributed by atoms with Gasteiger partial charge in [-0.25, -0.2) is 4.79 Å². The minimum Gasteiger partial charge on any atom is -0.308 e. The highest BCUT2D eigenvalue weighted by molar-refractivity contribution is 7.99. The van der Waals surface area contributed by atoms with Crippen LogP contribution < -0.4 is 10.6 Å². The predicted molar refractivity (Wildman–Crippen MR) is 109 cm³/mol. The van der Waals surface area contributed by atoms with Crippen LogP contribution in [-0.2, 0) is 6.18 Å². The Kier molecular flexibility index (Phi) is 6.56. The topological polar surface area (TPSA) is 54.0 Å². The predicted octanol–water partition coefficient (Wildman–Crippen LogP) is 7.20. The smallest absolute Gasteiger partial charge is 0.308 e. The molecule has 0 aliphatic rings. The van der Waals surface area contributed by atoms with Gasteiger partial charge in [0.25, 0.3) is 0 Å². The average Bonchev–Trinajstić information content (AvgIpc) is 2.65. The fourth-order valence-electron chi connectivity index (χ4n) is 2.32. The van der Waals surface area contributed by atoms with E-state index in [2.05, 4.69) is 15.6 Å². The number of carbonyl (C=O) groups is 1. The maximum atomic E-state index is 12.8. The number of para-hydroxylation sites is 1. The Balaban J connectivity index is 1.77. The molecular weight excluding hydrogens is 446 g/mol. The fourth-order valence-corrected chi connectivity index (χ4v) is 3.82. The number of hydrogen-bond acceptors (Lipinski definition) is 3. The molecule has 2 aromatic carbocycles. The van der Waals surface area contributed by atoms with Crippen molar-refractivity contribution in [1.82, 2.24) is 4.98 Å². The maximum absolute atomic E-state index is 12.8. The van der Waals surface area contributed by atoms with Gasteiger partial charge < -0.3 is 10.6 Å². The second-order valence-corrected chi connectivity index (χ2v) is 7.55. The van der Waals surface area contributed by atoms with Gasteiger partial charge in [0.05, 0.1) is 26.2 Å². The van der Waals surface area contributed by atoms with E-state index in [1.807, 2.05) is 0 Å². The normalized spacial score (nSPS) is 11.2. The van der Waals surface area contributed by atoms with Gasteiger partial charge in [-0.3, -0.25) is 4.98 Å². The standard InChI is InChI=1S/C19H12Cl2F3N3OS/c20-13-9-25-10-14(21)17(13)29-16-7-2-1-6-15(16)27-18(28)26-12-5-3-4-11(8-12)19(22,23)24/h1-10H,(H2,26,27,28). The van der Waals surface area contributed by atoms with E-state index in [0.717, 1.165) is 12.1 Å². The Hall–Kier alpha value is -2.42. The lowest BCUT2D eigenvalue weighted by Crippen LogP contribution is -2.20. The molecule has 4 nitrogen and oxygen atoms in total. The molecule has 0 fully saturated rings. The average molecular weight is 458 g/mol. The Morgan fingerprint density at radius 2 is 1.66 bits per heavy atom. The first-order chi connectivity index (χ1) is 13.7. The van der Waals surface area contributed by atoms with E-state index in [1.54, 1.807) is 24.3 Å². The summed E-state index contributed by atoms with van der Waals surface area (Å²) in [6.45, 7) is 0. The number of nitrogens with one attached hydrogen (secondary N) is 2. The fraction of sp³-hybridized carbons (Fsp3) is 0.0526. The number of anilines is 2. The van der Waals surface area contributed by atoms with E-state index in [0.29, 0.717) is 25.5 Å². The zero-order valence-corrected chi connectivity index (χ0v) is 16.8. The monoisotopic (exact) mass is 457 g/mol. The minimum absolute atomic E-state index is 0.0164. The van der Waals surface area contributed by atoms with E-state index in [1.165, 1.54) is 36.3 Å². The molecule has 0 aliphatic carbocycles. The number of carbonyl (C=O) groups excluding carboxylic acids is 1. The number of rotatable bonds is 4. The highest BCUT2D eigenvalue weighted by Crippen LogP contribution is 2.40. The molecule has 150 valence electrons. The number of hydrogen-bond donors (Lipinski definition) is 2. The van der Waals surface area contributed by atoms with Gasteiger partial charge in [-0.15, -0.1) is 0 Å². The molecule has 3 aromatic rings. The molecule has 0 atom stereocenters. The first-order valence-electron chi connectivity index (χ1n) is 8.05. The summed E-state index contributed by atoms with van der Waals surface area (Å²) in [7, 11) is 0. The number of nitrogens with zero attached hydrogens (tertiary/aromatic N) is 1. The number of amides is 2. The molecule has 0 unspecified atom stereocenters. The molecule has 0 spiro atoms. The molecule has 0 aliphatic heterocycles. The largest absolute Gasteiger partial charge is 0.416 e. The summed E-state index contributed by atoms with van der Waals surface area (Å²) in [5, 5.41) is 5.72. The molecule has 2 amide bonds. The van der Waals surface area contributed by atoms with Gasteiger partial charge in [-0.1, -0.05) is 53.2 Å². The second-order valence-electron chi connectivity index (χ2n) is 5.69. The second kappa shape index (κ2) is 8.94. The first kappa shape index (κ1) is 21.3. The molecular formula is C19H12Cl2F3N3OS. The van der Waals surface area contributed by atoms with Crippen molar-refractivity contribution in [3.8, 4) is 0 Å². The van der Waals surface area contributed by atoms with Crippen molar-refractivity contribution >= 4 is 52.4 Å². The summed E-state index contributed by atoms with van der Waals surface area (Å²) in [4.78, 5) is 17.4. The van der Waals surface area contributed by atoms with Crippen LogP contribution in [0.1, 0.15) is 5.56 Å². The van der Waals surface area contributed by atoms with Gasteiger partial charge in [-0.05, 0) is 30.3 Å². The van der Waals surface area contributed by atoms with Crippen LogP contribution in [0.2, 0.25) is 10.0 Å². The van der Waals surface area contributed by atoms with Crippen molar-refractivity contribution in [1.29, 1.82) is 0 Å². The molecule has 1 aromatic heterocycles. The molecule has 0 saturated carbocycles. The number of benzene rings is 2. The Morgan fingerprint density at radius 3 is 2.34 bits per heavy atom. The van der Waals surface area contributed by atoms with Crippen LogP contribution in [0.5, 0.6) is 0 Å². The highest BCUT2D eigenvalue weighted by Gasteiger charge is 2.30. The lowest BCUT2D eigenvalue weighted by molar-refractivity contribution is -0.137.